The van der Waals surface area contributed by atoms with Gasteiger partial charge >= 0.3 is 0 Å². The molecular weight excluding hydrogens is 360 g/mol. The highest BCUT2D eigenvalue weighted by molar-refractivity contribution is 5.99. The second kappa shape index (κ2) is 7.83. The maximum atomic E-state index is 13.0. The van der Waals surface area contributed by atoms with Crippen molar-refractivity contribution in [2.24, 2.45) is 5.92 Å². The summed E-state index contributed by atoms with van der Waals surface area (Å²) in [5.41, 5.74) is 1.50. The molecule has 1 aromatic carbocycles. The monoisotopic (exact) mass is 386 g/mol. The SMILES string of the molecule is COc1ccc2oc(C(=O)N3CCC(C(=O)N4CCOCC4)CC3)c(C)c2c1. The molecule has 0 unspecified atom stereocenters. The topological polar surface area (TPSA) is 72.2 Å². The van der Waals surface area contributed by atoms with E-state index >= 15 is 0 Å². The Hall–Kier alpha value is -2.54. The molecule has 0 aliphatic carbocycles. The second-order valence-electron chi connectivity index (χ2n) is 7.42. The molecule has 0 N–H and O–H groups in total. The molecule has 0 saturated carbocycles. The number of likely N-dealkylation sites (tertiary alicyclic amines) is 1. The molecule has 7 heteroatoms. The number of carbonyl (C=O) groups is 2. The largest absolute Gasteiger partial charge is 0.497 e. The molecule has 2 fully saturated rings. The molecular formula is C21H26N2O5. The third-order valence-electron chi connectivity index (χ3n) is 5.79. The highest BCUT2D eigenvalue weighted by atomic mass is 16.5. The van der Waals surface area contributed by atoms with Crippen molar-refractivity contribution < 1.29 is 23.5 Å². The summed E-state index contributed by atoms with van der Waals surface area (Å²) in [6.07, 6.45) is 1.38. The lowest BCUT2D eigenvalue weighted by Gasteiger charge is -2.35. The number of carbonyl (C=O) groups excluding carboxylic acids is 2. The number of rotatable bonds is 3. The summed E-state index contributed by atoms with van der Waals surface area (Å²) in [7, 11) is 1.62. The predicted octanol–water partition coefficient (Wildman–Crippen LogP) is 2.46. The van der Waals surface area contributed by atoms with Crippen molar-refractivity contribution in [3.8, 4) is 5.75 Å². The minimum atomic E-state index is -0.107. The Bertz CT molecular complexity index is 876. The third kappa shape index (κ3) is 3.46. The molecule has 28 heavy (non-hydrogen) atoms. The zero-order valence-electron chi connectivity index (χ0n) is 16.4. The van der Waals surface area contributed by atoms with Gasteiger partial charge in [0.05, 0.1) is 20.3 Å². The van der Waals surface area contributed by atoms with Gasteiger partial charge < -0.3 is 23.7 Å². The highest BCUT2D eigenvalue weighted by Gasteiger charge is 2.32. The van der Waals surface area contributed by atoms with E-state index in [-0.39, 0.29) is 17.7 Å². The van der Waals surface area contributed by atoms with E-state index in [1.54, 1.807) is 12.0 Å². The molecule has 4 rings (SSSR count). The Labute approximate surface area is 164 Å². The number of hydrogen-bond donors (Lipinski definition) is 0. The Morgan fingerprint density at radius 1 is 1.07 bits per heavy atom. The number of methoxy groups -OCH3 is 1. The van der Waals surface area contributed by atoms with Crippen LogP contribution in [-0.4, -0.2) is 68.1 Å². The van der Waals surface area contributed by atoms with Crippen molar-refractivity contribution in [3.05, 3.63) is 29.5 Å². The molecule has 2 aromatic rings. The molecule has 2 saturated heterocycles. The average Bonchev–Trinajstić information content (AvgIpc) is 3.09. The van der Waals surface area contributed by atoms with E-state index in [0.29, 0.717) is 63.6 Å². The van der Waals surface area contributed by atoms with Crippen LogP contribution in [0.25, 0.3) is 11.0 Å². The standard InChI is InChI=1S/C21H26N2O5/c1-14-17-13-16(26-2)3-4-18(17)28-19(14)21(25)22-7-5-15(6-8-22)20(24)23-9-11-27-12-10-23/h3-4,13,15H,5-12H2,1-2H3. The van der Waals surface area contributed by atoms with Gasteiger partial charge in [0.15, 0.2) is 5.76 Å². The van der Waals surface area contributed by atoms with Crippen LogP contribution in [0.5, 0.6) is 5.75 Å². The second-order valence-corrected chi connectivity index (χ2v) is 7.42. The Balaban J connectivity index is 1.43. The zero-order chi connectivity index (χ0) is 19.7. The molecule has 2 amide bonds. The number of hydrogen-bond acceptors (Lipinski definition) is 5. The van der Waals surface area contributed by atoms with Crippen molar-refractivity contribution in [1.82, 2.24) is 9.80 Å². The van der Waals surface area contributed by atoms with E-state index in [9.17, 15) is 9.59 Å². The summed E-state index contributed by atoms with van der Waals surface area (Å²) in [6.45, 7) is 5.59. The number of morpholine rings is 1. The van der Waals surface area contributed by atoms with Crippen LogP contribution in [0.2, 0.25) is 0 Å². The zero-order valence-corrected chi connectivity index (χ0v) is 16.4. The van der Waals surface area contributed by atoms with E-state index in [1.165, 1.54) is 0 Å². The van der Waals surface area contributed by atoms with Gasteiger partial charge in [0.1, 0.15) is 11.3 Å². The molecule has 0 bridgehead atoms. The third-order valence-corrected chi connectivity index (χ3v) is 5.79. The lowest BCUT2D eigenvalue weighted by atomic mass is 9.94. The molecule has 0 spiro atoms. The minimum absolute atomic E-state index is 0.0109. The lowest BCUT2D eigenvalue weighted by Crippen LogP contribution is -2.47. The van der Waals surface area contributed by atoms with E-state index in [4.69, 9.17) is 13.9 Å². The first-order valence-corrected chi connectivity index (χ1v) is 9.81. The number of benzene rings is 1. The number of piperidine rings is 1. The molecule has 0 radical (unpaired) electrons. The number of fused-ring (bicyclic) bond motifs is 1. The summed E-state index contributed by atoms with van der Waals surface area (Å²) in [5.74, 6) is 1.19. The van der Waals surface area contributed by atoms with Crippen LogP contribution >= 0.6 is 0 Å². The van der Waals surface area contributed by atoms with Gasteiger partial charge in [-0.05, 0) is 38.0 Å². The average molecular weight is 386 g/mol. The van der Waals surface area contributed by atoms with Gasteiger partial charge in [-0.3, -0.25) is 9.59 Å². The molecule has 3 heterocycles. The smallest absolute Gasteiger partial charge is 0.289 e. The first-order valence-electron chi connectivity index (χ1n) is 9.81. The van der Waals surface area contributed by atoms with Gasteiger partial charge in [0.25, 0.3) is 5.91 Å². The van der Waals surface area contributed by atoms with Crippen LogP contribution in [0, 0.1) is 12.8 Å². The number of amides is 2. The summed E-state index contributed by atoms with van der Waals surface area (Å²) in [4.78, 5) is 29.4. The van der Waals surface area contributed by atoms with E-state index < -0.39 is 0 Å². The van der Waals surface area contributed by atoms with Crippen LogP contribution in [0.3, 0.4) is 0 Å². The molecule has 0 atom stereocenters. The normalized spacial score (nSPS) is 18.5. The van der Waals surface area contributed by atoms with Crippen LogP contribution in [0.15, 0.2) is 22.6 Å². The van der Waals surface area contributed by atoms with E-state index in [1.807, 2.05) is 30.0 Å². The van der Waals surface area contributed by atoms with Crippen LogP contribution in [0.4, 0.5) is 0 Å². The van der Waals surface area contributed by atoms with Crippen LogP contribution in [0.1, 0.15) is 29.0 Å². The summed E-state index contributed by atoms with van der Waals surface area (Å²) >= 11 is 0. The van der Waals surface area contributed by atoms with Crippen molar-refractivity contribution in [1.29, 1.82) is 0 Å². The van der Waals surface area contributed by atoms with Gasteiger partial charge in [-0.15, -0.1) is 0 Å². The minimum Gasteiger partial charge on any atom is -0.497 e. The number of furan rings is 1. The maximum absolute atomic E-state index is 13.0. The fraction of sp³-hybridized carbons (Fsp3) is 0.524. The van der Waals surface area contributed by atoms with Gasteiger partial charge in [-0.1, -0.05) is 0 Å². The summed E-state index contributed by atoms with van der Waals surface area (Å²) in [5, 5.41) is 0.889. The fourth-order valence-corrected chi connectivity index (χ4v) is 4.05. The number of nitrogens with zero attached hydrogens (tertiary/aromatic N) is 2. The van der Waals surface area contributed by atoms with Gasteiger partial charge in [0, 0.05) is 43.0 Å². The van der Waals surface area contributed by atoms with Gasteiger partial charge in [0.2, 0.25) is 5.91 Å². The Morgan fingerprint density at radius 3 is 2.46 bits per heavy atom. The Morgan fingerprint density at radius 2 is 1.79 bits per heavy atom. The molecule has 2 aliphatic heterocycles. The van der Waals surface area contributed by atoms with Crippen LogP contribution < -0.4 is 4.74 Å². The molecule has 2 aliphatic rings. The Kier molecular flexibility index (Phi) is 5.26. The highest BCUT2D eigenvalue weighted by Crippen LogP contribution is 2.30. The van der Waals surface area contributed by atoms with E-state index in [2.05, 4.69) is 0 Å². The van der Waals surface area contributed by atoms with E-state index in [0.717, 1.165) is 16.7 Å². The lowest BCUT2D eigenvalue weighted by molar-refractivity contribution is -0.141. The number of ether oxygens (including phenoxy) is 2. The maximum Gasteiger partial charge on any atom is 0.289 e. The predicted molar refractivity (Wildman–Crippen MR) is 104 cm³/mol. The quantitative estimate of drug-likeness (QED) is 0.810. The first-order chi connectivity index (χ1) is 13.6. The van der Waals surface area contributed by atoms with Crippen molar-refractivity contribution in [2.75, 3.05) is 46.5 Å². The fourth-order valence-electron chi connectivity index (χ4n) is 4.05. The molecule has 1 aromatic heterocycles. The summed E-state index contributed by atoms with van der Waals surface area (Å²) < 4.78 is 16.4. The van der Waals surface area contributed by atoms with Crippen molar-refractivity contribution in [2.45, 2.75) is 19.8 Å². The van der Waals surface area contributed by atoms with Crippen molar-refractivity contribution >= 4 is 22.8 Å². The van der Waals surface area contributed by atoms with Gasteiger partial charge in [-0.2, -0.15) is 0 Å². The summed E-state index contributed by atoms with van der Waals surface area (Å²) in [6, 6.07) is 5.53. The molecule has 7 nitrogen and oxygen atoms in total. The number of aryl methyl sites for hydroxylation is 1. The van der Waals surface area contributed by atoms with Crippen molar-refractivity contribution in [3.63, 3.8) is 0 Å². The van der Waals surface area contributed by atoms with Gasteiger partial charge in [-0.25, -0.2) is 0 Å². The van der Waals surface area contributed by atoms with Crippen LogP contribution in [-0.2, 0) is 9.53 Å². The first kappa shape index (κ1) is 18.8. The molecule has 150 valence electrons.